The second-order valence-electron chi connectivity index (χ2n) is 5.69. The van der Waals surface area contributed by atoms with Gasteiger partial charge in [0, 0.05) is 3.57 Å². The van der Waals surface area contributed by atoms with Crippen molar-refractivity contribution in [3.63, 3.8) is 0 Å². The summed E-state index contributed by atoms with van der Waals surface area (Å²) in [5, 5.41) is 0. The lowest BCUT2D eigenvalue weighted by Crippen LogP contribution is -1.93. The fourth-order valence-corrected chi connectivity index (χ4v) is 3.37. The van der Waals surface area contributed by atoms with Crippen molar-refractivity contribution in [1.29, 1.82) is 0 Å². The van der Waals surface area contributed by atoms with Crippen molar-refractivity contribution in [3.8, 4) is 11.1 Å². The largest absolute Gasteiger partial charge is 0.0654 e. The minimum atomic E-state index is 0.575. The van der Waals surface area contributed by atoms with Gasteiger partial charge in [0.05, 0.1) is 0 Å². The second-order valence-corrected chi connectivity index (χ2v) is 6.85. The van der Waals surface area contributed by atoms with Crippen LogP contribution in [0.2, 0.25) is 0 Å². The molecule has 0 atom stereocenters. The Morgan fingerprint density at radius 1 is 0.950 bits per heavy atom. The third-order valence-electron chi connectivity index (χ3n) is 3.72. The van der Waals surface area contributed by atoms with E-state index in [2.05, 4.69) is 85.8 Å². The van der Waals surface area contributed by atoms with Gasteiger partial charge in [-0.25, -0.2) is 0 Å². The van der Waals surface area contributed by atoms with Crippen LogP contribution >= 0.6 is 22.6 Å². The SMILES string of the molecule is CCCCc1ccc(-c2ccc(I)c(C(C)C)c2)cc1. The summed E-state index contributed by atoms with van der Waals surface area (Å²) in [6.45, 7) is 6.76. The van der Waals surface area contributed by atoms with Gasteiger partial charge < -0.3 is 0 Å². The number of benzene rings is 2. The van der Waals surface area contributed by atoms with E-state index in [0.29, 0.717) is 5.92 Å². The minimum Gasteiger partial charge on any atom is -0.0654 e. The zero-order valence-electron chi connectivity index (χ0n) is 12.6. The number of aryl methyl sites for hydroxylation is 1. The molecule has 0 aliphatic carbocycles. The van der Waals surface area contributed by atoms with E-state index < -0.39 is 0 Å². The van der Waals surface area contributed by atoms with Crippen LogP contribution < -0.4 is 0 Å². The van der Waals surface area contributed by atoms with Crippen molar-refractivity contribution >= 4 is 22.6 Å². The molecule has 0 N–H and O–H groups in total. The van der Waals surface area contributed by atoms with Crippen LogP contribution in [0.3, 0.4) is 0 Å². The normalized spacial score (nSPS) is 11.1. The Bertz CT molecular complexity index is 552. The van der Waals surface area contributed by atoms with Crippen LogP contribution in [0.25, 0.3) is 11.1 Å². The molecule has 0 aliphatic rings. The molecule has 0 aliphatic heterocycles. The van der Waals surface area contributed by atoms with Gasteiger partial charge in [0.1, 0.15) is 0 Å². The van der Waals surface area contributed by atoms with Crippen LogP contribution in [0.5, 0.6) is 0 Å². The van der Waals surface area contributed by atoms with Crippen LogP contribution in [0.1, 0.15) is 50.7 Å². The molecular weight excluding hydrogens is 355 g/mol. The van der Waals surface area contributed by atoms with Crippen molar-refractivity contribution in [2.24, 2.45) is 0 Å². The highest BCUT2D eigenvalue weighted by molar-refractivity contribution is 14.1. The minimum absolute atomic E-state index is 0.575. The topological polar surface area (TPSA) is 0 Å². The molecule has 2 aromatic carbocycles. The molecule has 0 spiro atoms. The van der Waals surface area contributed by atoms with E-state index in [9.17, 15) is 0 Å². The Balaban J connectivity index is 2.25. The molecule has 1 heteroatoms. The maximum absolute atomic E-state index is 2.43. The molecule has 0 fully saturated rings. The van der Waals surface area contributed by atoms with Gasteiger partial charge in [-0.1, -0.05) is 57.5 Å². The maximum atomic E-state index is 2.43. The molecule has 0 amide bonds. The van der Waals surface area contributed by atoms with E-state index in [0.717, 1.165) is 0 Å². The molecule has 2 rings (SSSR count). The lowest BCUT2D eigenvalue weighted by molar-refractivity contribution is 0.795. The van der Waals surface area contributed by atoms with Gasteiger partial charge in [-0.05, 0) is 75.7 Å². The molecule has 106 valence electrons. The Kier molecular flexibility index (Phi) is 5.64. The molecule has 0 unspecified atom stereocenters. The average molecular weight is 378 g/mol. The van der Waals surface area contributed by atoms with Crippen LogP contribution in [0.4, 0.5) is 0 Å². The summed E-state index contributed by atoms with van der Waals surface area (Å²) in [5.41, 5.74) is 5.54. The number of rotatable bonds is 5. The molecule has 0 radical (unpaired) electrons. The molecule has 0 saturated heterocycles. The first-order valence-electron chi connectivity index (χ1n) is 7.50. The van der Waals surface area contributed by atoms with E-state index in [4.69, 9.17) is 0 Å². The Hall–Kier alpha value is -0.830. The van der Waals surface area contributed by atoms with Crippen molar-refractivity contribution < 1.29 is 0 Å². The molecule has 20 heavy (non-hydrogen) atoms. The highest BCUT2D eigenvalue weighted by Crippen LogP contribution is 2.28. The first kappa shape index (κ1) is 15.6. The van der Waals surface area contributed by atoms with Crippen molar-refractivity contribution in [3.05, 3.63) is 57.2 Å². The predicted molar refractivity (Wildman–Crippen MR) is 97.3 cm³/mol. The smallest absolute Gasteiger partial charge is 0.0165 e. The number of hydrogen-bond donors (Lipinski definition) is 0. The fraction of sp³-hybridized carbons (Fsp3) is 0.368. The summed E-state index contributed by atoms with van der Waals surface area (Å²) in [6.07, 6.45) is 3.73. The summed E-state index contributed by atoms with van der Waals surface area (Å²) in [7, 11) is 0. The fourth-order valence-electron chi connectivity index (χ4n) is 2.41. The average Bonchev–Trinajstić information content (AvgIpc) is 2.46. The lowest BCUT2D eigenvalue weighted by atomic mass is 9.96. The van der Waals surface area contributed by atoms with Crippen LogP contribution in [-0.4, -0.2) is 0 Å². The summed E-state index contributed by atoms with van der Waals surface area (Å²) in [6, 6.07) is 15.9. The van der Waals surface area contributed by atoms with Gasteiger partial charge in [0.15, 0.2) is 0 Å². The number of halogens is 1. The standard InChI is InChI=1S/C19H23I/c1-4-5-6-15-7-9-16(10-8-15)17-11-12-19(20)18(13-17)14(2)3/h7-14H,4-6H2,1-3H3. The van der Waals surface area contributed by atoms with E-state index in [1.807, 2.05) is 0 Å². The molecule has 0 bridgehead atoms. The zero-order chi connectivity index (χ0) is 14.5. The van der Waals surface area contributed by atoms with Crippen LogP contribution in [0, 0.1) is 3.57 Å². The van der Waals surface area contributed by atoms with Crippen molar-refractivity contribution in [2.75, 3.05) is 0 Å². The van der Waals surface area contributed by atoms with E-state index in [1.54, 1.807) is 0 Å². The highest BCUT2D eigenvalue weighted by atomic mass is 127. The van der Waals surface area contributed by atoms with Gasteiger partial charge >= 0.3 is 0 Å². The third-order valence-corrected chi connectivity index (χ3v) is 4.71. The Labute approximate surface area is 136 Å². The molecule has 0 heterocycles. The van der Waals surface area contributed by atoms with Crippen molar-refractivity contribution in [1.82, 2.24) is 0 Å². The van der Waals surface area contributed by atoms with E-state index >= 15 is 0 Å². The Morgan fingerprint density at radius 2 is 1.60 bits per heavy atom. The first-order chi connectivity index (χ1) is 9.61. The molecule has 0 aromatic heterocycles. The van der Waals surface area contributed by atoms with Gasteiger partial charge in [-0.2, -0.15) is 0 Å². The van der Waals surface area contributed by atoms with Gasteiger partial charge in [-0.15, -0.1) is 0 Å². The molecule has 2 aromatic rings. The van der Waals surface area contributed by atoms with Gasteiger partial charge in [-0.3, -0.25) is 0 Å². The van der Waals surface area contributed by atoms with Crippen molar-refractivity contribution in [2.45, 2.75) is 46.0 Å². The monoisotopic (exact) mass is 378 g/mol. The number of unbranched alkanes of at least 4 members (excludes halogenated alkanes) is 1. The summed E-state index contributed by atoms with van der Waals surface area (Å²) >= 11 is 2.43. The predicted octanol–water partition coefficient (Wildman–Crippen LogP) is 6.42. The molecule has 0 nitrogen and oxygen atoms in total. The van der Waals surface area contributed by atoms with E-state index in [-0.39, 0.29) is 0 Å². The molecular formula is C19H23I. The zero-order valence-corrected chi connectivity index (χ0v) is 14.8. The maximum Gasteiger partial charge on any atom is 0.0165 e. The lowest BCUT2D eigenvalue weighted by Gasteiger charge is -2.11. The van der Waals surface area contributed by atoms with E-state index in [1.165, 1.54) is 45.1 Å². The number of hydrogen-bond acceptors (Lipinski definition) is 0. The second kappa shape index (κ2) is 7.26. The Morgan fingerprint density at radius 3 is 2.20 bits per heavy atom. The van der Waals surface area contributed by atoms with Gasteiger partial charge in [0.2, 0.25) is 0 Å². The summed E-state index contributed by atoms with van der Waals surface area (Å²) in [4.78, 5) is 0. The molecule has 0 saturated carbocycles. The first-order valence-corrected chi connectivity index (χ1v) is 8.58. The van der Waals surface area contributed by atoms with Crippen LogP contribution in [0.15, 0.2) is 42.5 Å². The summed E-state index contributed by atoms with van der Waals surface area (Å²) in [5.74, 6) is 0.575. The third kappa shape index (κ3) is 3.85. The quantitative estimate of drug-likeness (QED) is 0.527. The summed E-state index contributed by atoms with van der Waals surface area (Å²) < 4.78 is 1.36. The van der Waals surface area contributed by atoms with Gasteiger partial charge in [0.25, 0.3) is 0 Å². The highest BCUT2D eigenvalue weighted by Gasteiger charge is 2.07. The van der Waals surface area contributed by atoms with Crippen LogP contribution in [-0.2, 0) is 6.42 Å².